The van der Waals surface area contributed by atoms with Gasteiger partial charge in [-0.25, -0.2) is 8.78 Å². The lowest BCUT2D eigenvalue weighted by Crippen LogP contribution is -1.89. The van der Waals surface area contributed by atoms with Crippen LogP contribution in [0, 0.1) is 11.6 Å². The highest BCUT2D eigenvalue weighted by Crippen LogP contribution is 2.30. The summed E-state index contributed by atoms with van der Waals surface area (Å²) in [6.07, 6.45) is 0. The molecule has 2 aromatic carbocycles. The highest BCUT2D eigenvalue weighted by atomic mass is 35.5. The predicted molar refractivity (Wildman–Crippen MR) is 72.4 cm³/mol. The first-order valence-electron chi connectivity index (χ1n) is 5.08. The molecule has 0 radical (unpaired) electrons. The van der Waals surface area contributed by atoms with Crippen molar-refractivity contribution >= 4 is 35.0 Å². The van der Waals surface area contributed by atoms with Gasteiger partial charge in [-0.1, -0.05) is 29.3 Å². The van der Waals surface area contributed by atoms with Crippen LogP contribution in [0.3, 0.4) is 0 Å². The second-order valence-corrected chi connectivity index (χ2v) is 5.43. The summed E-state index contributed by atoms with van der Waals surface area (Å²) in [6.45, 7) is 0. The van der Waals surface area contributed by atoms with Gasteiger partial charge in [-0.2, -0.15) is 0 Å². The van der Waals surface area contributed by atoms with Crippen molar-refractivity contribution in [1.82, 2.24) is 0 Å². The van der Waals surface area contributed by atoms with Gasteiger partial charge < -0.3 is 0 Å². The van der Waals surface area contributed by atoms with Crippen LogP contribution in [0.25, 0.3) is 0 Å². The Hall–Kier alpha value is -0.770. The first-order chi connectivity index (χ1) is 8.58. The number of benzene rings is 2. The van der Waals surface area contributed by atoms with Crippen molar-refractivity contribution in [2.75, 3.05) is 0 Å². The SMILES string of the molecule is Fc1cc(SCc2c(F)cccc2Cl)ccc1Cl. The van der Waals surface area contributed by atoms with E-state index in [0.717, 1.165) is 0 Å². The maximum Gasteiger partial charge on any atom is 0.142 e. The first-order valence-corrected chi connectivity index (χ1v) is 6.83. The molecule has 18 heavy (non-hydrogen) atoms. The molecule has 0 aromatic heterocycles. The Labute approximate surface area is 118 Å². The minimum Gasteiger partial charge on any atom is -0.207 e. The van der Waals surface area contributed by atoms with Crippen LogP contribution in [0.15, 0.2) is 41.3 Å². The molecule has 0 amide bonds. The average molecular weight is 305 g/mol. The lowest BCUT2D eigenvalue weighted by atomic mass is 10.2. The van der Waals surface area contributed by atoms with E-state index < -0.39 is 5.82 Å². The molecule has 5 heteroatoms. The molecule has 0 spiro atoms. The molecule has 0 fully saturated rings. The number of halogens is 4. The van der Waals surface area contributed by atoms with Crippen molar-refractivity contribution in [2.24, 2.45) is 0 Å². The molecular weight excluding hydrogens is 297 g/mol. The minimum atomic E-state index is -0.485. The second kappa shape index (κ2) is 5.91. The van der Waals surface area contributed by atoms with Crippen molar-refractivity contribution in [3.63, 3.8) is 0 Å². The van der Waals surface area contributed by atoms with Crippen molar-refractivity contribution in [3.8, 4) is 0 Å². The van der Waals surface area contributed by atoms with E-state index in [1.807, 2.05) is 0 Å². The van der Waals surface area contributed by atoms with Crippen molar-refractivity contribution in [3.05, 3.63) is 63.6 Å². The van der Waals surface area contributed by atoms with E-state index in [2.05, 4.69) is 0 Å². The van der Waals surface area contributed by atoms with Crippen LogP contribution < -0.4 is 0 Å². The fourth-order valence-electron chi connectivity index (χ4n) is 1.39. The Morgan fingerprint density at radius 3 is 2.39 bits per heavy atom. The molecule has 94 valence electrons. The molecule has 0 atom stereocenters. The fraction of sp³-hybridized carbons (Fsp3) is 0.0769. The maximum absolute atomic E-state index is 13.5. The molecule has 0 aliphatic carbocycles. The standard InChI is InChI=1S/C13H8Cl2F2S/c14-10-2-1-3-12(16)9(10)7-18-8-4-5-11(15)13(17)6-8/h1-6H,7H2. The van der Waals surface area contributed by atoms with E-state index in [4.69, 9.17) is 23.2 Å². The summed E-state index contributed by atoms with van der Waals surface area (Å²) in [5.41, 5.74) is 0.416. The van der Waals surface area contributed by atoms with Crippen molar-refractivity contribution < 1.29 is 8.78 Å². The van der Waals surface area contributed by atoms with Gasteiger partial charge in [-0.3, -0.25) is 0 Å². The van der Waals surface area contributed by atoms with Gasteiger partial charge in [0.25, 0.3) is 0 Å². The molecule has 0 nitrogen and oxygen atoms in total. The highest BCUT2D eigenvalue weighted by molar-refractivity contribution is 7.98. The molecule has 0 aliphatic rings. The summed E-state index contributed by atoms with van der Waals surface area (Å²) in [6, 6.07) is 9.01. The molecular formula is C13H8Cl2F2S. The number of rotatable bonds is 3. The zero-order chi connectivity index (χ0) is 13.1. The molecule has 2 rings (SSSR count). The summed E-state index contributed by atoms with van der Waals surface area (Å²) in [5, 5.41) is 0.445. The normalized spacial score (nSPS) is 10.7. The Balaban J connectivity index is 2.14. The van der Waals surface area contributed by atoms with Crippen LogP contribution in [0.1, 0.15) is 5.56 Å². The molecule has 0 aliphatic heterocycles. The van der Waals surface area contributed by atoms with Gasteiger partial charge in [0.2, 0.25) is 0 Å². The van der Waals surface area contributed by atoms with E-state index in [9.17, 15) is 8.78 Å². The molecule has 0 bridgehead atoms. The van der Waals surface area contributed by atoms with Gasteiger partial charge in [0.1, 0.15) is 11.6 Å². The van der Waals surface area contributed by atoms with Crippen molar-refractivity contribution in [2.45, 2.75) is 10.6 Å². The molecule has 0 saturated carbocycles. The van der Waals surface area contributed by atoms with Crippen LogP contribution in [0.2, 0.25) is 10.0 Å². The zero-order valence-corrected chi connectivity index (χ0v) is 11.4. The van der Waals surface area contributed by atoms with Gasteiger partial charge in [0.05, 0.1) is 5.02 Å². The quantitative estimate of drug-likeness (QED) is 0.669. The number of thioether (sulfide) groups is 1. The Bertz CT molecular complexity index is 553. The predicted octanol–water partition coefficient (Wildman–Crippen LogP) is 5.56. The molecule has 0 N–H and O–H groups in total. The second-order valence-electron chi connectivity index (χ2n) is 3.56. The van der Waals surface area contributed by atoms with Crippen LogP contribution in [0.4, 0.5) is 8.78 Å². The summed E-state index contributed by atoms with van der Waals surface area (Å²) >= 11 is 12.8. The summed E-state index contributed by atoms with van der Waals surface area (Å²) in [5.74, 6) is -0.502. The van der Waals surface area contributed by atoms with E-state index >= 15 is 0 Å². The largest absolute Gasteiger partial charge is 0.207 e. The van der Waals surface area contributed by atoms with Gasteiger partial charge in [-0.15, -0.1) is 11.8 Å². The third kappa shape index (κ3) is 3.16. The smallest absolute Gasteiger partial charge is 0.142 e. The Morgan fingerprint density at radius 2 is 1.72 bits per heavy atom. The summed E-state index contributed by atoms with van der Waals surface area (Å²) < 4.78 is 26.7. The van der Waals surface area contributed by atoms with Gasteiger partial charge in [-0.05, 0) is 30.3 Å². The first kappa shape index (κ1) is 13.7. The number of hydrogen-bond acceptors (Lipinski definition) is 1. The summed E-state index contributed by atoms with van der Waals surface area (Å²) in [4.78, 5) is 0.677. The summed E-state index contributed by atoms with van der Waals surface area (Å²) in [7, 11) is 0. The van der Waals surface area contributed by atoms with Gasteiger partial charge in [0, 0.05) is 21.2 Å². The van der Waals surface area contributed by atoms with Crippen molar-refractivity contribution in [1.29, 1.82) is 0 Å². The molecule has 0 saturated heterocycles. The van der Waals surface area contributed by atoms with Crippen LogP contribution in [0.5, 0.6) is 0 Å². The molecule has 2 aromatic rings. The third-order valence-electron chi connectivity index (χ3n) is 2.34. The average Bonchev–Trinajstić information content (AvgIpc) is 2.33. The third-order valence-corrected chi connectivity index (χ3v) is 4.02. The lowest BCUT2D eigenvalue weighted by Gasteiger charge is -2.06. The highest BCUT2D eigenvalue weighted by Gasteiger charge is 2.08. The van der Waals surface area contributed by atoms with Crippen LogP contribution >= 0.6 is 35.0 Å². The lowest BCUT2D eigenvalue weighted by molar-refractivity contribution is 0.617. The number of hydrogen-bond donors (Lipinski definition) is 0. The van der Waals surface area contributed by atoms with Crippen LogP contribution in [-0.2, 0) is 5.75 Å². The molecule has 0 unspecified atom stereocenters. The fourth-order valence-corrected chi connectivity index (χ4v) is 2.77. The van der Waals surface area contributed by atoms with Gasteiger partial charge >= 0.3 is 0 Å². The molecule has 0 heterocycles. The Kier molecular flexibility index (Phi) is 4.49. The Morgan fingerprint density at radius 1 is 0.944 bits per heavy atom. The zero-order valence-electron chi connectivity index (χ0n) is 9.09. The monoisotopic (exact) mass is 304 g/mol. The van der Waals surface area contributed by atoms with Crippen LogP contribution in [-0.4, -0.2) is 0 Å². The van der Waals surface area contributed by atoms with E-state index in [-0.39, 0.29) is 10.8 Å². The topological polar surface area (TPSA) is 0 Å². The van der Waals surface area contributed by atoms with E-state index in [0.29, 0.717) is 21.2 Å². The van der Waals surface area contributed by atoms with Gasteiger partial charge in [0.15, 0.2) is 0 Å². The van der Waals surface area contributed by atoms with E-state index in [1.54, 1.807) is 18.2 Å². The maximum atomic E-state index is 13.5. The van der Waals surface area contributed by atoms with E-state index in [1.165, 1.54) is 30.0 Å². The minimum absolute atomic E-state index is 0.0725.